The molecule has 0 saturated carbocycles. The number of aromatic nitrogens is 1. The van der Waals surface area contributed by atoms with Crippen LogP contribution in [-0.4, -0.2) is 39.5 Å². The Morgan fingerprint density at radius 2 is 2.26 bits per heavy atom. The number of amides is 1. The topological polar surface area (TPSA) is 62.5 Å². The summed E-state index contributed by atoms with van der Waals surface area (Å²) in [6, 6.07) is 1.66. The quantitative estimate of drug-likeness (QED) is 0.920. The van der Waals surface area contributed by atoms with Crippen LogP contribution in [0.4, 0.5) is 0 Å². The highest BCUT2D eigenvalue weighted by molar-refractivity contribution is 6.31. The second kappa shape index (κ2) is 5.65. The first-order valence-electron chi connectivity index (χ1n) is 6.30. The second-order valence-electron chi connectivity index (χ2n) is 4.99. The highest BCUT2D eigenvalue weighted by Crippen LogP contribution is 2.23. The van der Waals surface area contributed by atoms with E-state index in [-0.39, 0.29) is 18.2 Å². The monoisotopic (exact) mass is 284 g/mol. The van der Waals surface area contributed by atoms with E-state index in [1.807, 2.05) is 0 Å². The summed E-state index contributed by atoms with van der Waals surface area (Å²) >= 11 is 5.87. The Kier molecular flexibility index (Phi) is 4.14. The highest BCUT2D eigenvalue weighted by atomic mass is 35.5. The fourth-order valence-corrected chi connectivity index (χ4v) is 2.73. The zero-order chi connectivity index (χ0) is 14.0. The molecule has 5 nitrogen and oxygen atoms in total. The number of carbonyl (C=O) groups is 2. The Balaban J connectivity index is 1.95. The number of aryl methyl sites for hydroxylation is 1. The molecule has 6 heteroatoms. The van der Waals surface area contributed by atoms with Crippen LogP contribution in [0.1, 0.15) is 29.8 Å². The van der Waals surface area contributed by atoms with Gasteiger partial charge in [0.2, 0.25) is 0 Å². The van der Waals surface area contributed by atoms with E-state index in [0.29, 0.717) is 30.2 Å². The van der Waals surface area contributed by atoms with E-state index in [1.54, 1.807) is 28.8 Å². The number of aliphatic carboxylic acids is 1. The molecular weight excluding hydrogens is 268 g/mol. The summed E-state index contributed by atoms with van der Waals surface area (Å²) in [4.78, 5) is 24.6. The van der Waals surface area contributed by atoms with Crippen LogP contribution < -0.4 is 0 Å². The van der Waals surface area contributed by atoms with Crippen LogP contribution >= 0.6 is 11.6 Å². The van der Waals surface area contributed by atoms with E-state index < -0.39 is 5.97 Å². The van der Waals surface area contributed by atoms with E-state index in [9.17, 15) is 9.59 Å². The first kappa shape index (κ1) is 13.9. The second-order valence-corrected chi connectivity index (χ2v) is 5.43. The third kappa shape index (κ3) is 3.29. The lowest BCUT2D eigenvalue weighted by molar-refractivity contribution is -0.137. The van der Waals surface area contributed by atoms with E-state index in [2.05, 4.69) is 0 Å². The molecule has 0 aliphatic carbocycles. The molecule has 1 N–H and O–H groups in total. The third-order valence-corrected chi connectivity index (χ3v) is 3.74. The molecule has 1 aromatic heterocycles. The molecule has 0 aromatic carbocycles. The van der Waals surface area contributed by atoms with Gasteiger partial charge in [0.05, 0.1) is 5.02 Å². The molecule has 2 heterocycles. The van der Waals surface area contributed by atoms with Crippen molar-refractivity contribution in [2.24, 2.45) is 13.0 Å². The molecule has 1 unspecified atom stereocenters. The van der Waals surface area contributed by atoms with Crippen LogP contribution in [0.5, 0.6) is 0 Å². The van der Waals surface area contributed by atoms with Gasteiger partial charge in [0.15, 0.2) is 0 Å². The van der Waals surface area contributed by atoms with Gasteiger partial charge >= 0.3 is 5.97 Å². The Labute approximate surface area is 116 Å². The molecule has 2 rings (SSSR count). The SMILES string of the molecule is Cn1cc(Cl)cc1C(=O)N1CCC(CCC(=O)O)C1. The molecule has 1 fully saturated rings. The molecule has 1 aliphatic rings. The summed E-state index contributed by atoms with van der Waals surface area (Å²) in [5, 5.41) is 9.22. The Morgan fingerprint density at radius 3 is 2.84 bits per heavy atom. The lowest BCUT2D eigenvalue weighted by atomic mass is 10.0. The van der Waals surface area contributed by atoms with E-state index in [0.717, 1.165) is 6.42 Å². The van der Waals surface area contributed by atoms with Crippen molar-refractivity contribution in [2.45, 2.75) is 19.3 Å². The molecule has 0 bridgehead atoms. The molecule has 0 radical (unpaired) electrons. The van der Waals surface area contributed by atoms with Crippen LogP contribution in [0.25, 0.3) is 0 Å². The van der Waals surface area contributed by atoms with Gasteiger partial charge in [-0.2, -0.15) is 0 Å². The van der Waals surface area contributed by atoms with Gasteiger partial charge in [0.25, 0.3) is 5.91 Å². The Bertz CT molecular complexity index is 498. The molecule has 104 valence electrons. The van der Waals surface area contributed by atoms with Gasteiger partial charge in [-0.1, -0.05) is 11.6 Å². The number of hydrogen-bond acceptors (Lipinski definition) is 2. The van der Waals surface area contributed by atoms with Crippen molar-refractivity contribution in [1.29, 1.82) is 0 Å². The molecule has 0 spiro atoms. The van der Waals surface area contributed by atoms with Crippen molar-refractivity contribution in [3.8, 4) is 0 Å². The minimum atomic E-state index is -0.779. The van der Waals surface area contributed by atoms with Gasteiger partial charge in [0.1, 0.15) is 5.69 Å². The number of halogens is 1. The number of carboxylic acid groups (broad SMARTS) is 1. The van der Waals surface area contributed by atoms with Gasteiger partial charge in [0, 0.05) is 32.8 Å². The molecule has 1 aliphatic heterocycles. The molecular formula is C13H17ClN2O3. The third-order valence-electron chi connectivity index (χ3n) is 3.53. The Hall–Kier alpha value is -1.49. The number of nitrogens with zero attached hydrogens (tertiary/aromatic N) is 2. The van der Waals surface area contributed by atoms with Crippen LogP contribution in [0.3, 0.4) is 0 Å². The van der Waals surface area contributed by atoms with Gasteiger partial charge in [-0.15, -0.1) is 0 Å². The van der Waals surface area contributed by atoms with Crippen LogP contribution in [-0.2, 0) is 11.8 Å². The maximum atomic E-state index is 12.3. The first-order chi connectivity index (χ1) is 8.97. The largest absolute Gasteiger partial charge is 0.481 e. The van der Waals surface area contributed by atoms with Crippen molar-refractivity contribution in [3.05, 3.63) is 23.0 Å². The molecule has 1 amide bonds. The lowest BCUT2D eigenvalue weighted by Gasteiger charge is -2.16. The van der Waals surface area contributed by atoms with Gasteiger partial charge < -0.3 is 14.6 Å². The number of rotatable bonds is 4. The van der Waals surface area contributed by atoms with Crippen molar-refractivity contribution >= 4 is 23.5 Å². The zero-order valence-corrected chi connectivity index (χ0v) is 11.6. The van der Waals surface area contributed by atoms with Crippen molar-refractivity contribution in [2.75, 3.05) is 13.1 Å². The average Bonchev–Trinajstić information content (AvgIpc) is 2.92. The maximum Gasteiger partial charge on any atom is 0.303 e. The normalized spacial score (nSPS) is 18.8. The zero-order valence-electron chi connectivity index (χ0n) is 10.8. The molecule has 1 saturated heterocycles. The van der Waals surface area contributed by atoms with E-state index in [1.165, 1.54) is 0 Å². The van der Waals surface area contributed by atoms with Crippen molar-refractivity contribution in [1.82, 2.24) is 9.47 Å². The number of likely N-dealkylation sites (tertiary alicyclic amines) is 1. The predicted molar refractivity (Wildman–Crippen MR) is 71.3 cm³/mol. The predicted octanol–water partition coefficient (Wildman–Crippen LogP) is 2.01. The standard InChI is InChI=1S/C13H17ClN2O3/c1-15-8-10(14)6-11(15)13(19)16-5-4-9(7-16)2-3-12(17)18/h6,8-9H,2-5,7H2,1H3,(H,17,18). The number of carbonyl (C=O) groups excluding carboxylic acids is 1. The number of hydrogen-bond donors (Lipinski definition) is 1. The van der Waals surface area contributed by atoms with Gasteiger partial charge in [-0.3, -0.25) is 9.59 Å². The smallest absolute Gasteiger partial charge is 0.303 e. The minimum absolute atomic E-state index is 0.0350. The fraction of sp³-hybridized carbons (Fsp3) is 0.538. The fourth-order valence-electron chi connectivity index (χ4n) is 2.48. The summed E-state index contributed by atoms with van der Waals surface area (Å²) in [6.45, 7) is 1.32. The van der Waals surface area contributed by atoms with Gasteiger partial charge in [-0.25, -0.2) is 0 Å². The average molecular weight is 285 g/mol. The van der Waals surface area contributed by atoms with E-state index >= 15 is 0 Å². The molecule has 1 aromatic rings. The van der Waals surface area contributed by atoms with Crippen LogP contribution in [0.15, 0.2) is 12.3 Å². The maximum absolute atomic E-state index is 12.3. The molecule has 19 heavy (non-hydrogen) atoms. The summed E-state index contributed by atoms with van der Waals surface area (Å²) < 4.78 is 1.72. The van der Waals surface area contributed by atoms with Crippen LogP contribution in [0, 0.1) is 5.92 Å². The summed E-state index contributed by atoms with van der Waals surface area (Å²) in [5.41, 5.74) is 0.573. The van der Waals surface area contributed by atoms with Crippen molar-refractivity contribution in [3.63, 3.8) is 0 Å². The minimum Gasteiger partial charge on any atom is -0.481 e. The van der Waals surface area contributed by atoms with Gasteiger partial charge in [-0.05, 0) is 24.8 Å². The highest BCUT2D eigenvalue weighted by Gasteiger charge is 2.28. The van der Waals surface area contributed by atoms with Crippen LogP contribution in [0.2, 0.25) is 5.02 Å². The lowest BCUT2D eigenvalue weighted by Crippen LogP contribution is -2.30. The summed E-state index contributed by atoms with van der Waals surface area (Å²) in [6.07, 6.45) is 3.37. The summed E-state index contributed by atoms with van der Waals surface area (Å²) in [7, 11) is 1.79. The number of carboxylic acids is 1. The first-order valence-corrected chi connectivity index (χ1v) is 6.68. The van der Waals surface area contributed by atoms with E-state index in [4.69, 9.17) is 16.7 Å². The van der Waals surface area contributed by atoms with Crippen molar-refractivity contribution < 1.29 is 14.7 Å². The Morgan fingerprint density at radius 1 is 1.53 bits per heavy atom. The summed E-state index contributed by atoms with van der Waals surface area (Å²) in [5.74, 6) is -0.526. The molecule has 1 atom stereocenters.